The van der Waals surface area contributed by atoms with E-state index in [1.807, 2.05) is 43.1 Å². The zero-order valence-corrected chi connectivity index (χ0v) is 17.5. The molecule has 2 aromatic rings. The van der Waals surface area contributed by atoms with Crippen LogP contribution in [0.5, 0.6) is 0 Å². The molecule has 1 amide bonds. The predicted molar refractivity (Wildman–Crippen MR) is 114 cm³/mol. The lowest BCUT2D eigenvalue weighted by molar-refractivity contribution is -0.117. The molecule has 8 heteroatoms. The molecule has 0 aliphatic carbocycles. The number of hydrogen-bond acceptors (Lipinski definition) is 3. The smallest absolute Gasteiger partial charge is 0.225 e. The molecule has 1 aliphatic rings. The van der Waals surface area contributed by atoms with E-state index in [-0.39, 0.29) is 30.2 Å². The summed E-state index contributed by atoms with van der Waals surface area (Å²) in [5.74, 6) is -0.154. The summed E-state index contributed by atoms with van der Waals surface area (Å²) in [5, 5.41) is 1.09. The van der Waals surface area contributed by atoms with E-state index in [4.69, 9.17) is 11.6 Å². The van der Waals surface area contributed by atoms with Crippen LogP contribution in [0.25, 0.3) is 0 Å². The highest BCUT2D eigenvalue weighted by Crippen LogP contribution is 2.32. The molecule has 1 atom stereocenters. The minimum Gasteiger partial charge on any atom is -0.333 e. The molecule has 1 heterocycles. The number of carbonyl (C=O) groups excluding carboxylic acids is 1. The molecule has 3 rings (SSSR count). The minimum absolute atomic E-state index is 0. The van der Waals surface area contributed by atoms with Crippen molar-refractivity contribution in [1.82, 2.24) is 4.90 Å². The van der Waals surface area contributed by atoms with Gasteiger partial charge in [-0.05, 0) is 37.3 Å². The molecule has 0 radical (unpaired) electrons. The lowest BCUT2D eigenvalue weighted by atomic mass is 10.2. The molecule has 2 aromatic carbocycles. The van der Waals surface area contributed by atoms with E-state index >= 15 is 0 Å². The molecular weight excluding hydrogens is 408 g/mol. The van der Waals surface area contributed by atoms with Gasteiger partial charge >= 0.3 is 0 Å². The Morgan fingerprint density at radius 1 is 1.30 bits per heavy atom. The van der Waals surface area contributed by atoms with Gasteiger partial charge in [0.2, 0.25) is 5.91 Å². The maximum absolute atomic E-state index is 14.4. The van der Waals surface area contributed by atoms with Gasteiger partial charge in [0, 0.05) is 24.7 Å². The van der Waals surface area contributed by atoms with Gasteiger partial charge in [0.25, 0.3) is 0 Å². The first kappa shape index (κ1) is 21.5. The number of nitrogens with zero attached hydrogens (tertiary/aromatic N) is 3. The third kappa shape index (κ3) is 4.75. The number of amides is 1. The quantitative estimate of drug-likeness (QED) is 0.670. The Balaban J connectivity index is 0.00000261. The number of hydrogen-bond donors (Lipinski definition) is 0. The first-order chi connectivity index (χ1) is 12.4. The zero-order valence-electron chi connectivity index (χ0n) is 15.1. The Bertz CT molecular complexity index is 861. The molecule has 144 valence electrons. The molecule has 1 unspecified atom stereocenters. The van der Waals surface area contributed by atoms with Crippen molar-refractivity contribution in [2.24, 2.45) is 4.99 Å². The highest BCUT2D eigenvalue weighted by atomic mass is 35.5. The van der Waals surface area contributed by atoms with Crippen LogP contribution in [0, 0.1) is 12.7 Å². The molecule has 4 nitrogen and oxygen atoms in total. The first-order valence-corrected chi connectivity index (χ1v) is 9.49. The van der Waals surface area contributed by atoms with E-state index in [0.717, 1.165) is 10.9 Å². The summed E-state index contributed by atoms with van der Waals surface area (Å²) < 4.78 is 14.4. The Labute approximate surface area is 173 Å². The second kappa shape index (κ2) is 8.95. The van der Waals surface area contributed by atoms with Crippen molar-refractivity contribution < 1.29 is 9.18 Å². The predicted octanol–water partition coefficient (Wildman–Crippen LogP) is 5.25. The molecule has 1 fully saturated rings. The van der Waals surface area contributed by atoms with Crippen molar-refractivity contribution in [2.75, 3.05) is 17.7 Å². The highest BCUT2D eigenvalue weighted by molar-refractivity contribution is 8.14. The number of anilines is 1. The van der Waals surface area contributed by atoms with Gasteiger partial charge in [0.05, 0.1) is 11.4 Å². The Morgan fingerprint density at radius 3 is 2.56 bits per heavy atom. The van der Waals surface area contributed by atoms with E-state index in [2.05, 4.69) is 4.99 Å². The van der Waals surface area contributed by atoms with Gasteiger partial charge in [-0.15, -0.1) is 12.4 Å². The van der Waals surface area contributed by atoms with Gasteiger partial charge in [0.1, 0.15) is 12.0 Å². The van der Waals surface area contributed by atoms with Crippen LogP contribution >= 0.6 is 35.8 Å². The van der Waals surface area contributed by atoms with Crippen LogP contribution in [0.3, 0.4) is 0 Å². The molecule has 27 heavy (non-hydrogen) atoms. The summed E-state index contributed by atoms with van der Waals surface area (Å²) in [4.78, 5) is 20.3. The van der Waals surface area contributed by atoms with Crippen molar-refractivity contribution in [3.8, 4) is 0 Å². The fourth-order valence-electron chi connectivity index (χ4n) is 2.80. The number of halogens is 3. The third-order valence-electron chi connectivity index (χ3n) is 4.18. The van der Waals surface area contributed by atoms with Crippen LogP contribution in [0.4, 0.5) is 15.8 Å². The number of thioether (sulfide) groups is 1. The Hall–Kier alpha value is -1.76. The van der Waals surface area contributed by atoms with Gasteiger partial charge in [-0.1, -0.05) is 41.1 Å². The summed E-state index contributed by atoms with van der Waals surface area (Å²) in [6.45, 7) is 3.45. The number of aryl methyl sites for hydroxylation is 1. The summed E-state index contributed by atoms with van der Waals surface area (Å²) in [6.07, 6.45) is -0.322. The van der Waals surface area contributed by atoms with Crippen LogP contribution in [0.15, 0.2) is 47.5 Å². The summed E-state index contributed by atoms with van der Waals surface area (Å²) in [5.41, 5.74) is 2.23. The van der Waals surface area contributed by atoms with Crippen LogP contribution in [0.1, 0.15) is 12.5 Å². The average Bonchev–Trinajstić information content (AvgIpc) is 2.93. The minimum atomic E-state index is -0.518. The number of aliphatic imine (C=N–C) groups is 1. The van der Waals surface area contributed by atoms with E-state index in [9.17, 15) is 9.18 Å². The van der Waals surface area contributed by atoms with Crippen molar-refractivity contribution in [1.29, 1.82) is 0 Å². The molecule has 0 aromatic heterocycles. The van der Waals surface area contributed by atoms with Crippen LogP contribution < -0.4 is 4.90 Å². The van der Waals surface area contributed by atoms with E-state index in [1.54, 1.807) is 17.8 Å². The summed E-state index contributed by atoms with van der Waals surface area (Å²) in [6, 6.07) is 12.2. The highest BCUT2D eigenvalue weighted by Gasteiger charge is 2.35. The second-order valence-corrected chi connectivity index (χ2v) is 7.54. The van der Waals surface area contributed by atoms with Gasteiger partial charge in [0.15, 0.2) is 5.17 Å². The largest absolute Gasteiger partial charge is 0.333 e. The van der Waals surface area contributed by atoms with E-state index in [1.165, 1.54) is 29.5 Å². The van der Waals surface area contributed by atoms with Crippen molar-refractivity contribution >= 4 is 58.2 Å². The third-order valence-corrected chi connectivity index (χ3v) is 5.51. The Kier molecular flexibility index (Phi) is 7.14. The topological polar surface area (TPSA) is 35.9 Å². The molecule has 0 N–H and O–H groups in total. The number of carbonyl (C=O) groups is 1. The van der Waals surface area contributed by atoms with Gasteiger partial charge in [-0.25, -0.2) is 9.38 Å². The number of benzene rings is 2. The number of rotatable bonds is 3. The molecule has 1 aliphatic heterocycles. The van der Waals surface area contributed by atoms with Crippen molar-refractivity contribution in [3.05, 3.63) is 58.9 Å². The molecule has 0 spiro atoms. The monoisotopic (exact) mass is 427 g/mol. The molecule has 0 bridgehead atoms. The Morgan fingerprint density at radius 2 is 1.96 bits per heavy atom. The van der Waals surface area contributed by atoms with Gasteiger partial charge < -0.3 is 4.90 Å². The molecule has 0 saturated carbocycles. The summed E-state index contributed by atoms with van der Waals surface area (Å²) >= 11 is 7.38. The van der Waals surface area contributed by atoms with Gasteiger partial charge in [-0.2, -0.15) is 0 Å². The van der Waals surface area contributed by atoms with Crippen molar-refractivity contribution in [2.45, 2.75) is 20.0 Å². The molecular formula is C19H20Cl2FN3OS. The maximum atomic E-state index is 14.4. The first-order valence-electron chi connectivity index (χ1n) is 8.12. The maximum Gasteiger partial charge on any atom is 0.225 e. The van der Waals surface area contributed by atoms with E-state index in [0.29, 0.717) is 10.8 Å². The zero-order chi connectivity index (χ0) is 18.8. The van der Waals surface area contributed by atoms with Crippen LogP contribution in [-0.4, -0.2) is 34.9 Å². The summed E-state index contributed by atoms with van der Waals surface area (Å²) in [7, 11) is 1.86. The van der Waals surface area contributed by atoms with Crippen molar-refractivity contribution in [3.63, 3.8) is 0 Å². The lowest BCUT2D eigenvalue weighted by Gasteiger charge is -2.33. The fourth-order valence-corrected chi connectivity index (χ4v) is 4.12. The van der Waals surface area contributed by atoms with Crippen LogP contribution in [0.2, 0.25) is 5.02 Å². The van der Waals surface area contributed by atoms with Gasteiger partial charge in [-0.3, -0.25) is 9.69 Å². The fraction of sp³-hybridized carbons (Fsp3) is 0.263. The second-order valence-electron chi connectivity index (χ2n) is 6.12. The normalized spacial score (nSPS) is 17.7. The lowest BCUT2D eigenvalue weighted by Crippen LogP contribution is -2.48. The average molecular weight is 428 g/mol. The SMILES string of the molecule is CC(=O)N(c1ccc(Cl)cc1F)C1CSC(=Nc2ccc(C)cc2)N1C.Cl. The molecule has 1 saturated heterocycles. The number of amidine groups is 1. The van der Waals surface area contributed by atoms with E-state index < -0.39 is 5.82 Å². The van der Waals surface area contributed by atoms with Crippen LogP contribution in [-0.2, 0) is 4.79 Å². The standard InChI is InChI=1S/C19H19ClFN3OS.ClH/c1-12-4-7-15(8-5-12)22-19-23(3)18(11-26-19)24(13(2)25)17-9-6-14(20)10-16(17)21;/h4-10,18H,11H2,1-3H3;1H.